The summed E-state index contributed by atoms with van der Waals surface area (Å²) in [5, 5.41) is 2.56. The van der Waals surface area contributed by atoms with Crippen LogP contribution in [0, 0.1) is 0 Å². The van der Waals surface area contributed by atoms with Crippen molar-refractivity contribution >= 4 is 26.7 Å². The highest BCUT2D eigenvalue weighted by molar-refractivity contribution is 9.10. The summed E-state index contributed by atoms with van der Waals surface area (Å²) in [5.41, 5.74) is 8.84. The monoisotopic (exact) mass is 325 g/mol. The molecule has 3 aromatic carbocycles. The highest BCUT2D eigenvalue weighted by Crippen LogP contribution is 2.27. The molecule has 0 aliphatic heterocycles. The molecule has 0 fully saturated rings. The lowest BCUT2D eigenvalue weighted by Gasteiger charge is -2.15. The number of rotatable bonds is 3. The van der Waals surface area contributed by atoms with Gasteiger partial charge in [-0.1, -0.05) is 76.6 Å². The Bertz CT molecular complexity index is 731. The zero-order valence-corrected chi connectivity index (χ0v) is 12.7. The molecule has 20 heavy (non-hydrogen) atoms. The number of fused-ring (bicyclic) bond motifs is 1. The minimum absolute atomic E-state index is 0.00335. The molecule has 0 saturated heterocycles. The van der Waals surface area contributed by atoms with Crippen LogP contribution in [0.15, 0.2) is 71.2 Å². The molecular formula is C18H16BrN. The molecule has 2 N–H and O–H groups in total. The van der Waals surface area contributed by atoms with Crippen LogP contribution in [0.25, 0.3) is 10.8 Å². The van der Waals surface area contributed by atoms with Crippen LogP contribution in [0.5, 0.6) is 0 Å². The first-order chi connectivity index (χ1) is 9.75. The van der Waals surface area contributed by atoms with E-state index in [1.807, 2.05) is 18.2 Å². The number of halogens is 1. The van der Waals surface area contributed by atoms with E-state index in [2.05, 4.69) is 64.5 Å². The lowest BCUT2D eigenvalue weighted by molar-refractivity contribution is 0.722. The smallest absolute Gasteiger partial charge is 0.0347 e. The van der Waals surface area contributed by atoms with E-state index in [1.54, 1.807) is 0 Å². The average molecular weight is 326 g/mol. The van der Waals surface area contributed by atoms with Gasteiger partial charge in [0.15, 0.2) is 0 Å². The Hall–Kier alpha value is -1.64. The predicted molar refractivity (Wildman–Crippen MR) is 88.7 cm³/mol. The van der Waals surface area contributed by atoms with Gasteiger partial charge in [0.05, 0.1) is 0 Å². The summed E-state index contributed by atoms with van der Waals surface area (Å²) >= 11 is 3.58. The van der Waals surface area contributed by atoms with Crippen molar-refractivity contribution in [1.29, 1.82) is 0 Å². The van der Waals surface area contributed by atoms with Crippen molar-refractivity contribution in [2.24, 2.45) is 5.73 Å². The van der Waals surface area contributed by atoms with E-state index in [9.17, 15) is 0 Å². The summed E-state index contributed by atoms with van der Waals surface area (Å²) in [5.74, 6) is 0. The molecule has 0 bridgehead atoms. The molecule has 1 atom stereocenters. The van der Waals surface area contributed by atoms with E-state index in [4.69, 9.17) is 5.73 Å². The zero-order valence-electron chi connectivity index (χ0n) is 11.1. The van der Waals surface area contributed by atoms with Crippen molar-refractivity contribution in [2.45, 2.75) is 12.5 Å². The molecule has 0 aromatic heterocycles. The molecule has 1 nitrogen and oxygen atoms in total. The largest absolute Gasteiger partial charge is 0.324 e. The van der Waals surface area contributed by atoms with E-state index >= 15 is 0 Å². The van der Waals surface area contributed by atoms with Gasteiger partial charge in [-0.3, -0.25) is 0 Å². The van der Waals surface area contributed by atoms with Crippen LogP contribution in [0.1, 0.15) is 17.2 Å². The third-order valence-electron chi connectivity index (χ3n) is 3.62. The van der Waals surface area contributed by atoms with Gasteiger partial charge in [-0.05, 0) is 34.4 Å². The first kappa shape index (κ1) is 13.3. The predicted octanol–water partition coefficient (Wildman–Crippen LogP) is 4.84. The fourth-order valence-corrected chi connectivity index (χ4v) is 3.17. The van der Waals surface area contributed by atoms with Crippen molar-refractivity contribution in [2.75, 3.05) is 0 Å². The van der Waals surface area contributed by atoms with Gasteiger partial charge in [-0.25, -0.2) is 0 Å². The molecule has 0 radical (unpaired) electrons. The Labute approximate surface area is 127 Å². The van der Waals surface area contributed by atoms with E-state index in [-0.39, 0.29) is 6.04 Å². The maximum Gasteiger partial charge on any atom is 0.0347 e. The summed E-state index contributed by atoms with van der Waals surface area (Å²) in [6, 6.07) is 23.0. The van der Waals surface area contributed by atoms with Crippen molar-refractivity contribution in [3.05, 3.63) is 82.3 Å². The molecule has 0 aliphatic rings. The molecule has 0 amide bonds. The third-order valence-corrected chi connectivity index (χ3v) is 4.35. The highest BCUT2D eigenvalue weighted by atomic mass is 79.9. The molecule has 3 rings (SSSR count). The zero-order chi connectivity index (χ0) is 13.9. The fraction of sp³-hybridized carbons (Fsp3) is 0.111. The lowest BCUT2D eigenvalue weighted by Crippen LogP contribution is -2.14. The van der Waals surface area contributed by atoms with Crippen LogP contribution in [0.2, 0.25) is 0 Å². The summed E-state index contributed by atoms with van der Waals surface area (Å²) in [6.07, 6.45) is 0.837. The number of hydrogen-bond acceptors (Lipinski definition) is 1. The molecular weight excluding hydrogens is 310 g/mol. The van der Waals surface area contributed by atoms with Crippen LogP contribution < -0.4 is 5.73 Å². The molecule has 0 saturated carbocycles. The van der Waals surface area contributed by atoms with Gasteiger partial charge in [0.2, 0.25) is 0 Å². The van der Waals surface area contributed by atoms with Crippen molar-refractivity contribution in [3.8, 4) is 0 Å². The van der Waals surface area contributed by atoms with Crippen molar-refractivity contribution in [3.63, 3.8) is 0 Å². The van der Waals surface area contributed by atoms with Crippen LogP contribution in [0.3, 0.4) is 0 Å². The fourth-order valence-electron chi connectivity index (χ4n) is 2.59. The Balaban J connectivity index is 1.96. The summed E-state index contributed by atoms with van der Waals surface area (Å²) in [7, 11) is 0. The molecule has 0 spiro atoms. The highest BCUT2D eigenvalue weighted by Gasteiger charge is 2.11. The second kappa shape index (κ2) is 5.78. The molecule has 3 aromatic rings. The third kappa shape index (κ3) is 2.62. The van der Waals surface area contributed by atoms with Gasteiger partial charge in [0.25, 0.3) is 0 Å². The Morgan fingerprint density at radius 1 is 0.850 bits per heavy atom. The number of nitrogens with two attached hydrogens (primary N) is 1. The first-order valence-corrected chi connectivity index (χ1v) is 7.51. The molecule has 1 unspecified atom stereocenters. The second-order valence-corrected chi connectivity index (χ2v) is 5.82. The Morgan fingerprint density at radius 3 is 2.40 bits per heavy atom. The van der Waals surface area contributed by atoms with Crippen LogP contribution >= 0.6 is 15.9 Å². The van der Waals surface area contributed by atoms with Gasteiger partial charge >= 0.3 is 0 Å². The molecule has 0 aliphatic carbocycles. The normalized spacial score (nSPS) is 12.5. The average Bonchev–Trinajstić information content (AvgIpc) is 2.48. The van der Waals surface area contributed by atoms with Crippen molar-refractivity contribution < 1.29 is 0 Å². The standard InChI is InChI=1S/C18H16BrN/c19-17-11-4-3-10-16(17)18(20)12-14-8-5-7-13-6-1-2-9-15(13)14/h1-11,18H,12,20H2. The van der Waals surface area contributed by atoms with Crippen LogP contribution in [0.4, 0.5) is 0 Å². The molecule has 0 heterocycles. The Morgan fingerprint density at radius 2 is 1.55 bits per heavy atom. The number of benzene rings is 3. The number of hydrogen-bond donors (Lipinski definition) is 1. The van der Waals surface area contributed by atoms with Gasteiger partial charge in [0, 0.05) is 10.5 Å². The van der Waals surface area contributed by atoms with E-state index in [0.29, 0.717) is 0 Å². The quantitative estimate of drug-likeness (QED) is 0.732. The van der Waals surface area contributed by atoms with E-state index < -0.39 is 0 Å². The molecule has 100 valence electrons. The summed E-state index contributed by atoms with van der Waals surface area (Å²) in [6.45, 7) is 0. The Kier molecular flexibility index (Phi) is 3.86. The summed E-state index contributed by atoms with van der Waals surface area (Å²) < 4.78 is 1.08. The maximum atomic E-state index is 6.39. The maximum absolute atomic E-state index is 6.39. The second-order valence-electron chi connectivity index (χ2n) is 4.97. The van der Waals surface area contributed by atoms with Crippen LogP contribution in [-0.2, 0) is 6.42 Å². The minimum atomic E-state index is -0.00335. The van der Waals surface area contributed by atoms with Gasteiger partial charge in [0.1, 0.15) is 0 Å². The topological polar surface area (TPSA) is 26.0 Å². The first-order valence-electron chi connectivity index (χ1n) is 6.72. The van der Waals surface area contributed by atoms with Crippen molar-refractivity contribution in [1.82, 2.24) is 0 Å². The van der Waals surface area contributed by atoms with Gasteiger partial charge < -0.3 is 5.73 Å². The lowest BCUT2D eigenvalue weighted by atomic mass is 9.95. The van der Waals surface area contributed by atoms with E-state index in [0.717, 1.165) is 16.5 Å². The van der Waals surface area contributed by atoms with Crippen LogP contribution in [-0.4, -0.2) is 0 Å². The SMILES string of the molecule is NC(Cc1cccc2ccccc12)c1ccccc1Br. The minimum Gasteiger partial charge on any atom is -0.324 e. The molecule has 2 heteroatoms. The van der Waals surface area contributed by atoms with Gasteiger partial charge in [-0.15, -0.1) is 0 Å². The summed E-state index contributed by atoms with van der Waals surface area (Å²) in [4.78, 5) is 0. The van der Waals surface area contributed by atoms with Gasteiger partial charge in [-0.2, -0.15) is 0 Å². The van der Waals surface area contributed by atoms with E-state index in [1.165, 1.54) is 16.3 Å².